The highest BCUT2D eigenvalue weighted by atomic mass is 35.5. The fraction of sp³-hybridized carbons (Fsp3) is 0.267. The van der Waals surface area contributed by atoms with Crippen LogP contribution in [0.25, 0.3) is 0 Å². The standard InChI is InChI=1S/C15H16ClFN2/c1-3-19(10-12-7-5-4-6-11(12)2)15-14(17)8-13(16)9-18-15/h4-9H,3,10H2,1-2H3. The van der Waals surface area contributed by atoms with E-state index >= 15 is 0 Å². The minimum Gasteiger partial charge on any atom is -0.350 e. The van der Waals surface area contributed by atoms with Gasteiger partial charge in [-0.25, -0.2) is 9.37 Å². The van der Waals surface area contributed by atoms with Crippen molar-refractivity contribution in [3.05, 3.63) is 58.5 Å². The number of nitrogens with zero attached hydrogens (tertiary/aromatic N) is 2. The van der Waals surface area contributed by atoms with E-state index in [2.05, 4.69) is 18.0 Å². The van der Waals surface area contributed by atoms with Crippen molar-refractivity contribution in [2.24, 2.45) is 0 Å². The Morgan fingerprint density at radius 3 is 2.68 bits per heavy atom. The van der Waals surface area contributed by atoms with Crippen molar-refractivity contribution in [1.82, 2.24) is 4.98 Å². The van der Waals surface area contributed by atoms with Crippen molar-refractivity contribution in [1.29, 1.82) is 0 Å². The number of rotatable bonds is 4. The topological polar surface area (TPSA) is 16.1 Å². The van der Waals surface area contributed by atoms with E-state index in [1.165, 1.54) is 23.4 Å². The van der Waals surface area contributed by atoms with E-state index in [1.54, 1.807) is 0 Å². The van der Waals surface area contributed by atoms with Gasteiger partial charge in [-0.1, -0.05) is 35.9 Å². The predicted molar refractivity (Wildman–Crippen MR) is 77.1 cm³/mol. The predicted octanol–water partition coefficient (Wildman–Crippen LogP) is 4.21. The second-order valence-corrected chi connectivity index (χ2v) is 4.84. The highest BCUT2D eigenvalue weighted by molar-refractivity contribution is 6.30. The second kappa shape index (κ2) is 6.02. The first-order chi connectivity index (χ1) is 9.11. The third-order valence-corrected chi connectivity index (χ3v) is 3.30. The second-order valence-electron chi connectivity index (χ2n) is 4.40. The number of halogens is 2. The maximum Gasteiger partial charge on any atom is 0.167 e. The Hall–Kier alpha value is -1.61. The van der Waals surface area contributed by atoms with Gasteiger partial charge in [0.15, 0.2) is 11.6 Å². The normalized spacial score (nSPS) is 10.5. The van der Waals surface area contributed by atoms with Crippen LogP contribution in [-0.4, -0.2) is 11.5 Å². The molecule has 0 spiro atoms. The number of hydrogen-bond acceptors (Lipinski definition) is 2. The lowest BCUT2D eigenvalue weighted by Gasteiger charge is -2.23. The molecule has 0 saturated carbocycles. The van der Waals surface area contributed by atoms with Gasteiger partial charge in [0.25, 0.3) is 0 Å². The number of aryl methyl sites for hydroxylation is 1. The molecule has 0 fully saturated rings. The highest BCUT2D eigenvalue weighted by Gasteiger charge is 2.13. The van der Waals surface area contributed by atoms with Crippen LogP contribution in [0.5, 0.6) is 0 Å². The molecule has 1 heterocycles. The van der Waals surface area contributed by atoms with Crippen LogP contribution < -0.4 is 4.90 Å². The van der Waals surface area contributed by atoms with Crippen molar-refractivity contribution >= 4 is 17.4 Å². The van der Waals surface area contributed by atoms with Gasteiger partial charge in [0, 0.05) is 19.3 Å². The molecule has 2 aromatic rings. The van der Waals surface area contributed by atoms with Crippen LogP contribution in [0.4, 0.5) is 10.2 Å². The van der Waals surface area contributed by atoms with E-state index in [0.717, 1.165) is 0 Å². The minimum absolute atomic E-state index is 0.313. The molecule has 0 atom stereocenters. The number of pyridine rings is 1. The van der Waals surface area contributed by atoms with E-state index in [1.807, 2.05) is 30.0 Å². The molecule has 0 aliphatic carbocycles. The van der Waals surface area contributed by atoms with Crippen molar-refractivity contribution in [3.8, 4) is 0 Å². The van der Waals surface area contributed by atoms with Crippen molar-refractivity contribution in [3.63, 3.8) is 0 Å². The zero-order valence-corrected chi connectivity index (χ0v) is 11.8. The molecule has 0 saturated heterocycles. The minimum atomic E-state index is -0.386. The Labute approximate surface area is 117 Å². The number of anilines is 1. The molecule has 0 unspecified atom stereocenters. The van der Waals surface area contributed by atoms with Gasteiger partial charge in [0.2, 0.25) is 0 Å². The molecule has 2 rings (SSSR count). The monoisotopic (exact) mass is 278 g/mol. The third kappa shape index (κ3) is 3.24. The smallest absolute Gasteiger partial charge is 0.167 e. The lowest BCUT2D eigenvalue weighted by Crippen LogP contribution is -2.24. The van der Waals surface area contributed by atoms with Gasteiger partial charge in [0.1, 0.15) is 0 Å². The van der Waals surface area contributed by atoms with Gasteiger partial charge >= 0.3 is 0 Å². The molecule has 1 aromatic heterocycles. The van der Waals surface area contributed by atoms with E-state index in [0.29, 0.717) is 23.9 Å². The zero-order valence-electron chi connectivity index (χ0n) is 11.0. The summed E-state index contributed by atoms with van der Waals surface area (Å²) in [6.45, 7) is 5.34. The van der Waals surface area contributed by atoms with Gasteiger partial charge in [0.05, 0.1) is 5.02 Å². The summed E-state index contributed by atoms with van der Waals surface area (Å²) in [4.78, 5) is 5.99. The fourth-order valence-corrected chi connectivity index (χ4v) is 2.11. The Bertz CT molecular complexity index is 572. The molecule has 0 bridgehead atoms. The molecule has 0 aliphatic rings. The Kier molecular flexibility index (Phi) is 4.38. The van der Waals surface area contributed by atoms with E-state index in [-0.39, 0.29) is 5.82 Å². The SMILES string of the molecule is CCN(Cc1ccccc1C)c1ncc(Cl)cc1F. The van der Waals surface area contributed by atoms with E-state index in [4.69, 9.17) is 11.6 Å². The van der Waals surface area contributed by atoms with Crippen LogP contribution in [0.2, 0.25) is 5.02 Å². The van der Waals surface area contributed by atoms with Crippen molar-refractivity contribution in [2.45, 2.75) is 20.4 Å². The Morgan fingerprint density at radius 1 is 1.32 bits per heavy atom. The summed E-state index contributed by atoms with van der Waals surface area (Å²) in [5, 5.41) is 0.313. The fourth-order valence-electron chi connectivity index (χ4n) is 1.97. The Balaban J connectivity index is 2.28. The quantitative estimate of drug-likeness (QED) is 0.833. The average molecular weight is 279 g/mol. The summed E-state index contributed by atoms with van der Waals surface area (Å²) in [5.41, 5.74) is 2.36. The Morgan fingerprint density at radius 2 is 2.05 bits per heavy atom. The van der Waals surface area contributed by atoms with Crippen molar-refractivity contribution < 1.29 is 4.39 Å². The molecule has 100 valence electrons. The van der Waals surface area contributed by atoms with Crippen LogP contribution in [0.3, 0.4) is 0 Å². The molecule has 0 amide bonds. The summed E-state index contributed by atoms with van der Waals surface area (Å²) in [7, 11) is 0. The van der Waals surface area contributed by atoms with Crippen LogP contribution in [0, 0.1) is 12.7 Å². The average Bonchev–Trinajstić information content (AvgIpc) is 2.39. The molecule has 0 radical (unpaired) electrons. The molecule has 1 aromatic carbocycles. The first kappa shape index (κ1) is 13.8. The third-order valence-electron chi connectivity index (χ3n) is 3.09. The first-order valence-electron chi connectivity index (χ1n) is 6.22. The number of hydrogen-bond donors (Lipinski definition) is 0. The summed E-state index contributed by atoms with van der Waals surface area (Å²) < 4.78 is 13.9. The van der Waals surface area contributed by atoms with E-state index in [9.17, 15) is 4.39 Å². The summed E-state index contributed by atoms with van der Waals surface area (Å²) in [6.07, 6.45) is 1.47. The molecule has 0 N–H and O–H groups in total. The maximum absolute atomic E-state index is 13.9. The van der Waals surface area contributed by atoms with Crippen LogP contribution >= 0.6 is 11.6 Å². The molecule has 0 aliphatic heterocycles. The molecule has 19 heavy (non-hydrogen) atoms. The molecule has 2 nitrogen and oxygen atoms in total. The van der Waals surface area contributed by atoms with Crippen LogP contribution in [0.1, 0.15) is 18.1 Å². The van der Waals surface area contributed by atoms with Gasteiger partial charge in [-0.15, -0.1) is 0 Å². The van der Waals surface area contributed by atoms with Gasteiger partial charge in [-0.2, -0.15) is 0 Å². The van der Waals surface area contributed by atoms with Gasteiger partial charge < -0.3 is 4.90 Å². The molecular weight excluding hydrogens is 263 g/mol. The summed E-state index contributed by atoms with van der Waals surface area (Å²) >= 11 is 5.73. The van der Waals surface area contributed by atoms with Gasteiger partial charge in [-0.3, -0.25) is 0 Å². The van der Waals surface area contributed by atoms with Gasteiger partial charge in [-0.05, 0) is 31.0 Å². The summed E-state index contributed by atoms with van der Waals surface area (Å²) in [5.74, 6) is -0.0434. The van der Waals surface area contributed by atoms with Crippen LogP contribution in [0.15, 0.2) is 36.5 Å². The van der Waals surface area contributed by atoms with Crippen molar-refractivity contribution in [2.75, 3.05) is 11.4 Å². The van der Waals surface area contributed by atoms with Crippen LogP contribution in [-0.2, 0) is 6.54 Å². The lowest BCUT2D eigenvalue weighted by atomic mass is 10.1. The molecule has 4 heteroatoms. The highest BCUT2D eigenvalue weighted by Crippen LogP contribution is 2.22. The largest absolute Gasteiger partial charge is 0.350 e. The zero-order chi connectivity index (χ0) is 13.8. The lowest BCUT2D eigenvalue weighted by molar-refractivity contribution is 0.609. The number of aromatic nitrogens is 1. The number of benzene rings is 1. The maximum atomic E-state index is 13.9. The summed E-state index contributed by atoms with van der Waals surface area (Å²) in [6, 6.07) is 9.38. The first-order valence-corrected chi connectivity index (χ1v) is 6.60. The molecular formula is C15H16ClFN2. The van der Waals surface area contributed by atoms with E-state index < -0.39 is 0 Å².